The van der Waals surface area contributed by atoms with Crippen molar-refractivity contribution in [2.45, 2.75) is 201 Å². The fourth-order valence-corrected chi connectivity index (χ4v) is 19.3. The van der Waals surface area contributed by atoms with Crippen LogP contribution in [0.5, 0.6) is 0 Å². The van der Waals surface area contributed by atoms with Gasteiger partial charge in [-0.1, -0.05) is 365 Å². The summed E-state index contributed by atoms with van der Waals surface area (Å²) in [6.45, 7) is 49.8. The van der Waals surface area contributed by atoms with E-state index in [9.17, 15) is 0 Å². The van der Waals surface area contributed by atoms with Crippen LogP contribution in [-0.2, 0) is 41.8 Å². The molecule has 13 rings (SSSR count). The second-order valence-electron chi connectivity index (χ2n) is 37.6. The summed E-state index contributed by atoms with van der Waals surface area (Å²) in [5.74, 6) is 0.408. The van der Waals surface area contributed by atoms with Crippen molar-refractivity contribution >= 4 is 39.8 Å². The third kappa shape index (κ3) is 17.3. The van der Waals surface area contributed by atoms with Crippen LogP contribution in [0.2, 0.25) is 58.9 Å². The van der Waals surface area contributed by atoms with Gasteiger partial charge in [-0.25, -0.2) is 0 Å². The Hall–Kier alpha value is -8.27. The number of hydrogen-bond acceptors (Lipinski definition) is 3. The average molecular weight is 1630 g/mol. The SMILES string of the molecule is CC(C)(C)c1ccnc(-c2[c-]cc(-c3ccccc3C3CC(c4ccccc4-c4c[c-]c(-c5cc(C(C)(C)C)ccn5)cc4-c4cccc([Si](C)(C)C)c4)CC(c4ccc(C(C)(C)C)cc4-c4c[c-]c(-c5cc(C(C)(C)C)ccn5)cc4-c4cccc([Si](C)(C)C)c4)C3)c(-c3cccc([Si](C)(C)C)c3)c2)c1.[Ir+3]. The molecule has 0 aliphatic heterocycles. The number of nitrogens with zero attached hydrogens (tertiary/aromatic N) is 3. The first-order chi connectivity index (χ1) is 49.9. The third-order valence-corrected chi connectivity index (χ3v) is 28.5. The van der Waals surface area contributed by atoms with Crippen molar-refractivity contribution in [2.24, 2.45) is 0 Å². The topological polar surface area (TPSA) is 38.7 Å². The average Bonchev–Trinajstić information content (AvgIpc) is 0.760. The normalized spacial score (nSPS) is 15.4. The van der Waals surface area contributed by atoms with Gasteiger partial charge in [0.2, 0.25) is 0 Å². The molecule has 7 heteroatoms. The molecule has 3 nitrogen and oxygen atoms in total. The summed E-state index contributed by atoms with van der Waals surface area (Å²) in [5, 5.41) is 4.31. The Morgan fingerprint density at radius 2 is 0.570 bits per heavy atom. The van der Waals surface area contributed by atoms with Crippen molar-refractivity contribution in [2.75, 3.05) is 0 Å². The van der Waals surface area contributed by atoms with E-state index in [1.54, 1.807) is 0 Å². The Morgan fingerprint density at radius 3 is 0.879 bits per heavy atom. The molecule has 546 valence electrons. The second-order valence-corrected chi connectivity index (χ2v) is 52.8. The molecule has 0 spiro atoms. The molecule has 1 saturated carbocycles. The van der Waals surface area contributed by atoms with Crippen LogP contribution in [0.3, 0.4) is 0 Å². The predicted octanol–water partition coefficient (Wildman–Crippen LogP) is 25.9. The maximum absolute atomic E-state index is 5.09. The van der Waals surface area contributed by atoms with Crippen LogP contribution < -0.4 is 15.6 Å². The fourth-order valence-electron chi connectivity index (χ4n) is 15.8. The Labute approximate surface area is 659 Å². The largest absolute Gasteiger partial charge is 3.00 e. The first kappa shape index (κ1) is 78.3. The van der Waals surface area contributed by atoms with Crippen molar-refractivity contribution in [3.05, 3.63) is 288 Å². The van der Waals surface area contributed by atoms with Crippen LogP contribution in [0.4, 0.5) is 0 Å². The molecular formula is C100H110IrN3Si3. The van der Waals surface area contributed by atoms with E-state index in [1.165, 1.54) is 121 Å². The van der Waals surface area contributed by atoms with E-state index >= 15 is 0 Å². The molecular weight excluding hydrogens is 1520 g/mol. The van der Waals surface area contributed by atoms with Crippen LogP contribution in [-0.4, -0.2) is 39.2 Å². The molecule has 2 atom stereocenters. The molecule has 3 aromatic heterocycles. The summed E-state index contributed by atoms with van der Waals surface area (Å²) in [7, 11) is -5.23. The molecule has 0 saturated heterocycles. The number of hydrogen-bond donors (Lipinski definition) is 0. The zero-order valence-electron chi connectivity index (χ0n) is 67.5. The molecule has 0 amide bonds. The minimum atomic E-state index is -1.76. The van der Waals surface area contributed by atoms with Gasteiger partial charge in [0.25, 0.3) is 0 Å². The standard InChI is InChI=1S/C100H110N3Si3.Ir/c1-97(2,3)75-42-46-84(93(62-75)89-45-41-71(96-65-78(49-52-103-96)100(10,11)12)61-92(89)68-31-28-34-81(58-68)106(19,20)21)74-54-72(82-35-22-24-37-85(82)87-43-39-69(94-63-76(47-50-101-94)98(4,5)6)59-90(87)66-29-26-32-79(56-66)104(13,14)15)53-73(55-74)83-36-23-25-38-86(83)88-44-40-70(95-64-77(48-51-102-95)99(7,8)9)60-91(88)67-30-27-33-80(57-67)105(16,17)18;/h22-38,42-52,56-65,72-74H,53-55H2,1-21H3;/q-3;+3. The van der Waals surface area contributed by atoms with Gasteiger partial charge in [0, 0.05) is 18.6 Å². The van der Waals surface area contributed by atoms with Gasteiger partial charge < -0.3 is 15.0 Å². The van der Waals surface area contributed by atoms with Gasteiger partial charge in [-0.05, 0) is 150 Å². The van der Waals surface area contributed by atoms with Crippen LogP contribution in [0.15, 0.2) is 231 Å². The van der Waals surface area contributed by atoms with Crippen molar-refractivity contribution in [3.63, 3.8) is 0 Å². The van der Waals surface area contributed by atoms with E-state index in [4.69, 9.17) is 15.0 Å². The van der Waals surface area contributed by atoms with E-state index < -0.39 is 24.2 Å². The molecule has 0 radical (unpaired) electrons. The summed E-state index contributed by atoms with van der Waals surface area (Å²) in [6.07, 6.45) is 8.79. The molecule has 1 fully saturated rings. The Morgan fingerprint density at radius 1 is 0.280 bits per heavy atom. The molecule has 1 aliphatic carbocycles. The Balaban J connectivity index is 0.0000107. The van der Waals surface area contributed by atoms with E-state index in [-0.39, 0.29) is 59.5 Å². The zero-order valence-corrected chi connectivity index (χ0v) is 72.9. The van der Waals surface area contributed by atoms with Gasteiger partial charge in [-0.3, -0.25) is 0 Å². The minimum Gasteiger partial charge on any atom is -0.305 e. The molecule has 0 bridgehead atoms. The monoisotopic (exact) mass is 1630 g/mol. The molecule has 0 N–H and O–H groups in total. The minimum absolute atomic E-state index is 0. The fraction of sp³-hybridized carbons (Fsp3) is 0.310. The summed E-state index contributed by atoms with van der Waals surface area (Å²) in [6, 6.07) is 94.0. The number of rotatable bonds is 15. The predicted molar refractivity (Wildman–Crippen MR) is 464 cm³/mol. The van der Waals surface area contributed by atoms with Gasteiger partial charge in [-0.15, -0.1) is 71.3 Å². The summed E-state index contributed by atoms with van der Waals surface area (Å²) in [4.78, 5) is 15.2. The first-order valence-electron chi connectivity index (χ1n) is 38.7. The summed E-state index contributed by atoms with van der Waals surface area (Å²) < 4.78 is 0. The van der Waals surface area contributed by atoms with Gasteiger partial charge in [0.15, 0.2) is 0 Å². The first-order valence-corrected chi connectivity index (χ1v) is 49.2. The Kier molecular flexibility index (Phi) is 22.2. The quantitative estimate of drug-likeness (QED) is 0.0758. The summed E-state index contributed by atoms with van der Waals surface area (Å²) >= 11 is 0. The molecule has 2 unspecified atom stereocenters. The maximum Gasteiger partial charge on any atom is 3.00 e. The van der Waals surface area contributed by atoms with Gasteiger partial charge >= 0.3 is 20.1 Å². The Bertz CT molecular complexity index is 5030. The number of aromatic nitrogens is 3. The van der Waals surface area contributed by atoms with E-state index in [0.29, 0.717) is 0 Å². The zero-order chi connectivity index (χ0) is 75.6. The van der Waals surface area contributed by atoms with Crippen LogP contribution in [0.25, 0.3) is 101 Å². The van der Waals surface area contributed by atoms with E-state index in [0.717, 1.165) is 53.0 Å². The van der Waals surface area contributed by atoms with Crippen molar-refractivity contribution in [1.29, 1.82) is 0 Å². The van der Waals surface area contributed by atoms with Gasteiger partial charge in [0.1, 0.15) is 0 Å². The maximum atomic E-state index is 5.09. The van der Waals surface area contributed by atoms with Crippen molar-refractivity contribution in [3.8, 4) is 101 Å². The van der Waals surface area contributed by atoms with Crippen molar-refractivity contribution in [1.82, 2.24) is 15.0 Å². The van der Waals surface area contributed by atoms with Crippen LogP contribution in [0.1, 0.15) is 159 Å². The number of benzene rings is 9. The molecule has 3 heterocycles. The summed E-state index contributed by atoms with van der Waals surface area (Å²) in [5.41, 5.74) is 29.4. The number of pyridine rings is 3. The molecule has 107 heavy (non-hydrogen) atoms. The van der Waals surface area contributed by atoms with Crippen molar-refractivity contribution < 1.29 is 20.1 Å². The molecule has 9 aromatic carbocycles. The van der Waals surface area contributed by atoms with Gasteiger partial charge in [0.05, 0.1) is 24.2 Å². The van der Waals surface area contributed by atoms with E-state index in [1.807, 2.05) is 18.6 Å². The second kappa shape index (κ2) is 30.3. The smallest absolute Gasteiger partial charge is 0.305 e. The molecule has 1 aliphatic rings. The van der Waals surface area contributed by atoms with E-state index in [2.05, 4.69) is 373 Å². The van der Waals surface area contributed by atoms with Crippen LogP contribution in [0, 0.1) is 18.2 Å². The third-order valence-electron chi connectivity index (χ3n) is 22.4. The molecule has 12 aromatic rings. The van der Waals surface area contributed by atoms with Crippen LogP contribution >= 0.6 is 0 Å². The van der Waals surface area contributed by atoms with Gasteiger partial charge in [-0.2, -0.15) is 0 Å².